The van der Waals surface area contributed by atoms with E-state index in [1.165, 1.54) is 40.2 Å². The van der Waals surface area contributed by atoms with Gasteiger partial charge in [-0.2, -0.15) is 0 Å². The quantitative estimate of drug-likeness (QED) is 0.225. The number of hydrogen-bond acceptors (Lipinski definition) is 5. The van der Waals surface area contributed by atoms with Gasteiger partial charge in [0.15, 0.2) is 0 Å². The molecule has 6 aromatic rings. The van der Waals surface area contributed by atoms with E-state index in [4.69, 9.17) is 0 Å². The number of aryl methyl sites for hydroxylation is 1. The lowest BCUT2D eigenvalue weighted by Crippen LogP contribution is -2.01. The van der Waals surface area contributed by atoms with Gasteiger partial charge in [0.25, 0.3) is 0 Å². The van der Waals surface area contributed by atoms with Gasteiger partial charge >= 0.3 is 5.97 Å². The Morgan fingerprint density at radius 1 is 0.756 bits per heavy atom. The second kappa shape index (κ2) is 11.0. The first kappa shape index (κ1) is 25.7. The van der Waals surface area contributed by atoms with Crippen molar-refractivity contribution in [2.45, 2.75) is 38.8 Å². The second-order valence-corrected chi connectivity index (χ2v) is 12.1. The summed E-state index contributed by atoms with van der Waals surface area (Å²) in [5.41, 5.74) is 9.63. The van der Waals surface area contributed by atoms with Crippen molar-refractivity contribution >= 4 is 28.6 Å². The van der Waals surface area contributed by atoms with Gasteiger partial charge in [-0.3, -0.25) is 9.97 Å². The number of carboxylic acid groups (broad SMARTS) is 1. The van der Waals surface area contributed by atoms with E-state index < -0.39 is 5.97 Å². The summed E-state index contributed by atoms with van der Waals surface area (Å²) in [4.78, 5) is 22.6. The van der Waals surface area contributed by atoms with Crippen LogP contribution in [0, 0.1) is 0 Å². The van der Waals surface area contributed by atoms with Crippen LogP contribution in [0.3, 0.4) is 0 Å². The summed E-state index contributed by atoms with van der Waals surface area (Å²) >= 11 is 3.47. The number of carbonyl (C=O) groups is 1. The minimum atomic E-state index is -0.847. The molecule has 41 heavy (non-hydrogen) atoms. The maximum absolute atomic E-state index is 11.9. The molecular formula is C33H28N4O2S2. The van der Waals surface area contributed by atoms with E-state index in [-0.39, 0.29) is 0 Å². The standard InChI is InChI=1S/C17H14N2O2S.C16H14N2S/c20-17(21)15-12-3-1-9-19(12)16(13-4-2-10-22-13)14(15)11-5-7-18-8-6-11;1-3-13-11-14(12-5-7-17-8-6-12)16(18(13)9-1)15-4-2-10-19-15/h2,4-8,10H,1,3,9H2,(H,20,21);2,4-8,10-11H,1,3,9H2. The molecule has 0 radical (unpaired) electrons. The molecule has 0 aromatic carbocycles. The molecule has 0 saturated carbocycles. The minimum Gasteiger partial charge on any atom is -0.478 e. The first-order valence-corrected chi connectivity index (χ1v) is 15.6. The molecule has 6 aromatic heterocycles. The Hall–Kier alpha value is -4.27. The molecule has 0 bridgehead atoms. The molecule has 0 saturated heterocycles. The van der Waals surface area contributed by atoms with E-state index in [9.17, 15) is 9.90 Å². The number of carboxylic acids is 1. The minimum absolute atomic E-state index is 0.451. The topological polar surface area (TPSA) is 72.9 Å². The first-order chi connectivity index (χ1) is 20.2. The second-order valence-electron chi connectivity index (χ2n) is 10.2. The average Bonchev–Trinajstić information content (AvgIpc) is 3.83. The van der Waals surface area contributed by atoms with Crippen LogP contribution in [-0.4, -0.2) is 30.2 Å². The summed E-state index contributed by atoms with van der Waals surface area (Å²) < 4.78 is 4.67. The highest BCUT2D eigenvalue weighted by Gasteiger charge is 2.31. The van der Waals surface area contributed by atoms with Gasteiger partial charge in [-0.05, 0) is 90.0 Å². The zero-order valence-electron chi connectivity index (χ0n) is 22.4. The number of rotatable bonds is 5. The highest BCUT2D eigenvalue weighted by atomic mass is 32.1. The lowest BCUT2D eigenvalue weighted by molar-refractivity contribution is 0.0696. The molecule has 0 amide bonds. The molecule has 0 aliphatic carbocycles. The van der Waals surface area contributed by atoms with E-state index in [0.717, 1.165) is 53.3 Å². The number of nitrogens with zero attached hydrogens (tertiary/aromatic N) is 4. The van der Waals surface area contributed by atoms with Crippen LogP contribution in [0.15, 0.2) is 90.1 Å². The van der Waals surface area contributed by atoms with Crippen molar-refractivity contribution in [2.24, 2.45) is 0 Å². The Kier molecular flexibility index (Phi) is 6.86. The van der Waals surface area contributed by atoms with Crippen molar-refractivity contribution in [3.63, 3.8) is 0 Å². The molecule has 8 heteroatoms. The molecule has 8 rings (SSSR count). The molecule has 2 aliphatic heterocycles. The lowest BCUT2D eigenvalue weighted by atomic mass is 9.99. The Labute approximate surface area is 246 Å². The third kappa shape index (κ3) is 4.63. The molecule has 0 atom stereocenters. The van der Waals surface area contributed by atoms with Crippen LogP contribution >= 0.6 is 22.7 Å². The molecule has 6 nitrogen and oxygen atoms in total. The third-order valence-electron chi connectivity index (χ3n) is 7.85. The number of fused-ring (bicyclic) bond motifs is 2. The smallest absolute Gasteiger partial charge is 0.338 e. The van der Waals surface area contributed by atoms with Crippen LogP contribution < -0.4 is 0 Å². The van der Waals surface area contributed by atoms with E-state index in [2.05, 4.69) is 60.9 Å². The Bertz CT molecular complexity index is 1800. The van der Waals surface area contributed by atoms with Gasteiger partial charge in [-0.15, -0.1) is 22.7 Å². The average molecular weight is 577 g/mol. The van der Waals surface area contributed by atoms with Crippen molar-refractivity contribution in [3.05, 3.63) is 107 Å². The Balaban J connectivity index is 0.000000136. The van der Waals surface area contributed by atoms with Gasteiger partial charge < -0.3 is 14.2 Å². The summed E-state index contributed by atoms with van der Waals surface area (Å²) in [6.07, 6.45) is 11.5. The molecule has 1 N–H and O–H groups in total. The highest BCUT2D eigenvalue weighted by Crippen LogP contribution is 2.43. The maximum Gasteiger partial charge on any atom is 0.338 e. The predicted octanol–water partition coefficient (Wildman–Crippen LogP) is 8.15. The molecule has 0 fully saturated rings. The van der Waals surface area contributed by atoms with Gasteiger partial charge in [0.05, 0.1) is 26.7 Å². The molecule has 204 valence electrons. The van der Waals surface area contributed by atoms with Gasteiger partial charge in [0.2, 0.25) is 0 Å². The molecule has 0 spiro atoms. The SMILES string of the molecule is O=C(O)c1c(-c2ccncc2)c(-c2cccs2)n2c1CCC2.c1csc(-c2c(-c3ccncc3)cc3n2CCC3)c1. The molecule has 0 unspecified atom stereocenters. The van der Waals surface area contributed by atoms with Gasteiger partial charge in [0, 0.05) is 60.4 Å². The van der Waals surface area contributed by atoms with E-state index >= 15 is 0 Å². The van der Waals surface area contributed by atoms with Crippen molar-refractivity contribution in [2.75, 3.05) is 0 Å². The van der Waals surface area contributed by atoms with Crippen LogP contribution in [0.4, 0.5) is 0 Å². The monoisotopic (exact) mass is 576 g/mol. The largest absolute Gasteiger partial charge is 0.478 e. The molecule has 8 heterocycles. The third-order valence-corrected chi connectivity index (χ3v) is 9.60. The number of aromatic carboxylic acids is 1. The molecular weight excluding hydrogens is 549 g/mol. The normalized spacial score (nSPS) is 13.5. The van der Waals surface area contributed by atoms with Crippen LogP contribution in [0.5, 0.6) is 0 Å². The van der Waals surface area contributed by atoms with E-state index in [0.29, 0.717) is 5.56 Å². The number of pyridine rings is 2. The molecule has 2 aliphatic rings. The highest BCUT2D eigenvalue weighted by molar-refractivity contribution is 7.13. The lowest BCUT2D eigenvalue weighted by Gasteiger charge is -2.08. The summed E-state index contributed by atoms with van der Waals surface area (Å²) in [5, 5.41) is 14.0. The fraction of sp³-hybridized carbons (Fsp3) is 0.182. The predicted molar refractivity (Wildman–Crippen MR) is 166 cm³/mol. The summed E-state index contributed by atoms with van der Waals surface area (Å²) in [6.45, 7) is 2.03. The van der Waals surface area contributed by atoms with Gasteiger partial charge in [-0.25, -0.2) is 4.79 Å². The summed E-state index contributed by atoms with van der Waals surface area (Å²) in [6, 6.07) is 18.7. The number of thiophene rings is 2. The summed E-state index contributed by atoms with van der Waals surface area (Å²) in [5.74, 6) is -0.847. The van der Waals surface area contributed by atoms with Crippen molar-refractivity contribution in [1.82, 2.24) is 19.1 Å². The Morgan fingerprint density at radius 3 is 2.00 bits per heavy atom. The van der Waals surface area contributed by atoms with Gasteiger partial charge in [-0.1, -0.05) is 12.1 Å². The van der Waals surface area contributed by atoms with Crippen LogP contribution in [0.2, 0.25) is 0 Å². The first-order valence-electron chi connectivity index (χ1n) is 13.8. The van der Waals surface area contributed by atoms with E-state index in [1.807, 2.05) is 47.3 Å². The van der Waals surface area contributed by atoms with Crippen molar-refractivity contribution in [3.8, 4) is 43.4 Å². The Morgan fingerprint density at radius 2 is 1.37 bits per heavy atom. The number of hydrogen-bond donors (Lipinski definition) is 1. The maximum atomic E-state index is 11.9. The van der Waals surface area contributed by atoms with Gasteiger partial charge in [0.1, 0.15) is 0 Å². The number of aromatic nitrogens is 4. The zero-order chi connectivity index (χ0) is 27.8. The van der Waals surface area contributed by atoms with Crippen LogP contribution in [0.25, 0.3) is 43.4 Å². The fourth-order valence-corrected chi connectivity index (χ4v) is 7.77. The van der Waals surface area contributed by atoms with Crippen molar-refractivity contribution < 1.29 is 9.90 Å². The fourth-order valence-electron chi connectivity index (χ4n) is 6.19. The van der Waals surface area contributed by atoms with Crippen LogP contribution in [-0.2, 0) is 25.9 Å². The zero-order valence-corrected chi connectivity index (χ0v) is 24.0. The van der Waals surface area contributed by atoms with E-state index in [1.54, 1.807) is 23.7 Å². The summed E-state index contributed by atoms with van der Waals surface area (Å²) in [7, 11) is 0. The van der Waals surface area contributed by atoms with Crippen LogP contribution in [0.1, 0.15) is 34.6 Å². The van der Waals surface area contributed by atoms with Crippen molar-refractivity contribution in [1.29, 1.82) is 0 Å².